The molecule has 1 aliphatic heterocycles. The number of sulfonamides is 1. The van der Waals surface area contributed by atoms with Crippen LogP contribution in [0, 0.1) is 5.92 Å². The quantitative estimate of drug-likeness (QED) is 0.214. The minimum absolute atomic E-state index is 0.0452. The molecular weight excluding hydrogens is 549 g/mol. The molecule has 1 aliphatic rings. The van der Waals surface area contributed by atoms with Crippen molar-refractivity contribution in [1.82, 2.24) is 5.32 Å². The maximum Gasteiger partial charge on any atom is 0.469 e. The summed E-state index contributed by atoms with van der Waals surface area (Å²) in [5, 5.41) is 2.56. The molecule has 0 aliphatic carbocycles. The van der Waals surface area contributed by atoms with Crippen molar-refractivity contribution >= 4 is 35.3 Å². The van der Waals surface area contributed by atoms with Crippen LogP contribution in [0.5, 0.6) is 0 Å². The molecule has 2 aromatic carbocycles. The number of ether oxygens (including phenoxy) is 2. The van der Waals surface area contributed by atoms with E-state index in [1.807, 2.05) is 13.8 Å². The Morgan fingerprint density at radius 3 is 2.44 bits per heavy atom. The van der Waals surface area contributed by atoms with Gasteiger partial charge in [0.05, 0.1) is 35.9 Å². The first-order valence-electron chi connectivity index (χ1n) is 12.5. The first-order chi connectivity index (χ1) is 18.3. The molecule has 1 saturated heterocycles. The number of rotatable bonds is 12. The van der Waals surface area contributed by atoms with E-state index in [4.69, 9.17) is 19.7 Å². The summed E-state index contributed by atoms with van der Waals surface area (Å²) in [5.74, 6) is -0.0568. The van der Waals surface area contributed by atoms with Crippen LogP contribution < -0.4 is 15.4 Å². The number of phosphoric ester groups is 1. The van der Waals surface area contributed by atoms with E-state index in [1.54, 1.807) is 24.3 Å². The molecule has 0 bridgehead atoms. The van der Waals surface area contributed by atoms with Crippen molar-refractivity contribution in [3.8, 4) is 0 Å². The smallest absolute Gasteiger partial charge is 0.444 e. The lowest BCUT2D eigenvalue weighted by Gasteiger charge is -2.30. The van der Waals surface area contributed by atoms with Gasteiger partial charge in [0.15, 0.2) is 0 Å². The molecule has 1 heterocycles. The molecule has 2 aromatic rings. The highest BCUT2D eigenvalue weighted by molar-refractivity contribution is 7.92. The molecule has 12 nitrogen and oxygen atoms in total. The van der Waals surface area contributed by atoms with Crippen LogP contribution in [0.4, 0.5) is 16.2 Å². The molecular formula is C25H36N3O9PS. The summed E-state index contributed by atoms with van der Waals surface area (Å²) in [5.41, 5.74) is 6.93. The van der Waals surface area contributed by atoms with Crippen molar-refractivity contribution < 1.29 is 41.6 Å². The van der Waals surface area contributed by atoms with Gasteiger partial charge in [0.2, 0.25) is 0 Å². The van der Waals surface area contributed by atoms with Crippen molar-refractivity contribution in [1.29, 1.82) is 0 Å². The van der Waals surface area contributed by atoms with E-state index in [0.29, 0.717) is 30.0 Å². The molecule has 0 saturated carbocycles. The number of carbonyl (C=O) groups is 1. The van der Waals surface area contributed by atoms with Crippen LogP contribution >= 0.6 is 7.82 Å². The van der Waals surface area contributed by atoms with Crippen molar-refractivity contribution in [2.24, 2.45) is 5.92 Å². The normalized spacial score (nSPS) is 17.5. The second-order valence-electron chi connectivity index (χ2n) is 9.79. The SMILES string of the molecule is CC(C)CN(c1ccccc1C[C@@H](OP(=O)(O)O)[C@H](C)NC(=O)O[C@H]1CCOC1)S(=O)(=O)c1ccc(N)cc1. The monoisotopic (exact) mass is 585 g/mol. The van der Waals surface area contributed by atoms with Crippen LogP contribution in [0.2, 0.25) is 0 Å². The third-order valence-corrected chi connectivity index (χ3v) is 8.36. The fourth-order valence-electron chi connectivity index (χ4n) is 4.12. The van der Waals surface area contributed by atoms with Crippen LogP contribution in [-0.4, -0.2) is 62.3 Å². The number of carbonyl (C=O) groups excluding carboxylic acids is 1. The highest BCUT2D eigenvalue weighted by Crippen LogP contribution is 2.40. The number of para-hydroxylation sites is 1. The van der Waals surface area contributed by atoms with E-state index >= 15 is 0 Å². The molecule has 0 aromatic heterocycles. The summed E-state index contributed by atoms with van der Waals surface area (Å²) in [6, 6.07) is 11.6. The molecule has 1 amide bonds. The number of hydrogen-bond acceptors (Lipinski definition) is 8. The maximum atomic E-state index is 13.7. The lowest BCUT2D eigenvalue weighted by molar-refractivity contribution is 0.0683. The Morgan fingerprint density at radius 2 is 1.85 bits per heavy atom. The van der Waals surface area contributed by atoms with Gasteiger partial charge in [-0.1, -0.05) is 32.0 Å². The first-order valence-corrected chi connectivity index (χ1v) is 15.5. The summed E-state index contributed by atoms with van der Waals surface area (Å²) >= 11 is 0. The number of amides is 1. The fourth-order valence-corrected chi connectivity index (χ4v) is 6.40. The molecule has 39 heavy (non-hydrogen) atoms. The Labute approximate surface area is 228 Å². The zero-order valence-electron chi connectivity index (χ0n) is 22.1. The number of nitrogens with two attached hydrogens (primary N) is 1. The van der Waals surface area contributed by atoms with Gasteiger partial charge in [0.25, 0.3) is 10.0 Å². The van der Waals surface area contributed by atoms with E-state index in [0.717, 1.165) is 0 Å². The summed E-state index contributed by atoms with van der Waals surface area (Å²) in [6.45, 7) is 6.15. The fraction of sp³-hybridized carbons (Fsp3) is 0.480. The average molecular weight is 586 g/mol. The third kappa shape index (κ3) is 8.92. The summed E-state index contributed by atoms with van der Waals surface area (Å²) in [4.78, 5) is 31.6. The molecule has 5 N–H and O–H groups in total. The van der Waals surface area contributed by atoms with Gasteiger partial charge in [-0.05, 0) is 48.7 Å². The number of nitrogen functional groups attached to an aromatic ring is 1. The van der Waals surface area contributed by atoms with Gasteiger partial charge < -0.3 is 30.3 Å². The largest absolute Gasteiger partial charge is 0.469 e. The first kappa shape index (κ1) is 30.9. The van der Waals surface area contributed by atoms with Crippen LogP contribution in [0.15, 0.2) is 53.4 Å². The highest BCUT2D eigenvalue weighted by Gasteiger charge is 2.33. The Bertz CT molecular complexity index is 1260. The van der Waals surface area contributed by atoms with Crippen molar-refractivity contribution in [3.63, 3.8) is 0 Å². The zero-order valence-corrected chi connectivity index (χ0v) is 23.8. The Morgan fingerprint density at radius 1 is 1.18 bits per heavy atom. The molecule has 216 valence electrons. The Balaban J connectivity index is 1.93. The van der Waals surface area contributed by atoms with Crippen LogP contribution in [0.1, 0.15) is 32.8 Å². The van der Waals surface area contributed by atoms with Gasteiger partial charge in [-0.3, -0.25) is 8.83 Å². The summed E-state index contributed by atoms with van der Waals surface area (Å²) in [6.07, 6.45) is -1.99. The summed E-state index contributed by atoms with van der Waals surface area (Å²) < 4.78 is 56.1. The minimum atomic E-state index is -4.99. The molecule has 0 unspecified atom stereocenters. The number of hydrogen-bond donors (Lipinski definition) is 4. The molecule has 0 radical (unpaired) electrons. The van der Waals surface area contributed by atoms with E-state index in [1.165, 1.54) is 35.5 Å². The lowest BCUT2D eigenvalue weighted by atomic mass is 10.0. The molecule has 3 atom stereocenters. The minimum Gasteiger partial charge on any atom is -0.444 e. The number of phosphoric acid groups is 1. The maximum absolute atomic E-state index is 13.7. The molecule has 1 fully saturated rings. The van der Waals surface area contributed by atoms with Crippen LogP contribution in [0.3, 0.4) is 0 Å². The van der Waals surface area contributed by atoms with Gasteiger partial charge in [0.1, 0.15) is 6.10 Å². The second-order valence-corrected chi connectivity index (χ2v) is 12.8. The van der Waals surface area contributed by atoms with Gasteiger partial charge in [-0.25, -0.2) is 17.8 Å². The van der Waals surface area contributed by atoms with Gasteiger partial charge in [-0.2, -0.15) is 0 Å². The standard InChI is InChI=1S/C25H36N3O9PS/c1-17(2)15-28(39(33,34)22-10-8-20(26)9-11-22)23-7-5-4-6-19(23)14-24(37-38(30,31)32)18(3)27-25(29)36-21-12-13-35-16-21/h4-11,17-18,21,24H,12-16,26H2,1-3H3,(H,27,29)(H2,30,31,32)/t18-,21-,24+/m0/s1. The lowest BCUT2D eigenvalue weighted by Crippen LogP contribution is -2.44. The van der Waals surface area contributed by atoms with E-state index in [2.05, 4.69) is 5.32 Å². The predicted molar refractivity (Wildman–Crippen MR) is 146 cm³/mol. The van der Waals surface area contributed by atoms with Crippen molar-refractivity contribution in [3.05, 3.63) is 54.1 Å². The average Bonchev–Trinajstić information content (AvgIpc) is 3.34. The number of anilines is 2. The van der Waals surface area contributed by atoms with Crippen LogP contribution in [-0.2, 0) is 35.0 Å². The number of nitrogens with one attached hydrogen (secondary N) is 1. The van der Waals surface area contributed by atoms with E-state index in [9.17, 15) is 27.6 Å². The second kappa shape index (κ2) is 13.1. The summed E-state index contributed by atoms with van der Waals surface area (Å²) in [7, 11) is -9.02. The van der Waals surface area contributed by atoms with Crippen molar-refractivity contribution in [2.75, 3.05) is 29.8 Å². The van der Waals surface area contributed by atoms with Gasteiger partial charge in [0, 0.05) is 25.1 Å². The van der Waals surface area contributed by atoms with Gasteiger partial charge in [-0.15, -0.1) is 0 Å². The predicted octanol–water partition coefficient (Wildman–Crippen LogP) is 3.04. The Kier molecular flexibility index (Phi) is 10.4. The number of nitrogens with zero attached hydrogens (tertiary/aromatic N) is 1. The topological polar surface area (TPSA) is 178 Å². The number of alkyl carbamates (subject to hydrolysis) is 1. The molecule has 14 heteroatoms. The van der Waals surface area contributed by atoms with Gasteiger partial charge >= 0.3 is 13.9 Å². The van der Waals surface area contributed by atoms with Crippen molar-refractivity contribution in [2.45, 2.75) is 56.8 Å². The molecule has 0 spiro atoms. The Hall–Kier alpha value is -2.67. The third-order valence-electron chi connectivity index (χ3n) is 6.02. The number of benzene rings is 2. The zero-order chi connectivity index (χ0) is 28.8. The van der Waals surface area contributed by atoms with E-state index < -0.39 is 42.2 Å². The molecule has 3 rings (SSSR count). The highest BCUT2D eigenvalue weighted by atomic mass is 32.2. The van der Waals surface area contributed by atoms with E-state index in [-0.39, 0.29) is 30.4 Å². The van der Waals surface area contributed by atoms with Crippen LogP contribution in [0.25, 0.3) is 0 Å².